The molecule has 0 saturated heterocycles. The van der Waals surface area contributed by atoms with Gasteiger partial charge in [0.2, 0.25) is 0 Å². The fourth-order valence-corrected chi connectivity index (χ4v) is 2.93. The van der Waals surface area contributed by atoms with Gasteiger partial charge in [-0.05, 0) is 51.5 Å². The van der Waals surface area contributed by atoms with Gasteiger partial charge < -0.3 is 5.11 Å². The molecule has 1 aliphatic carbocycles. The van der Waals surface area contributed by atoms with Crippen LogP contribution in [0.1, 0.15) is 60.3 Å². The predicted octanol–water partition coefficient (Wildman–Crippen LogP) is 3.14. The number of aliphatic carboxylic acids is 1. The fourth-order valence-electron chi connectivity index (χ4n) is 2.93. The summed E-state index contributed by atoms with van der Waals surface area (Å²) in [5.41, 5.74) is -0.315. The minimum Gasteiger partial charge on any atom is -0.480 e. The molecule has 1 fully saturated rings. The summed E-state index contributed by atoms with van der Waals surface area (Å²) in [5, 5.41) is 9.33. The molecule has 0 heterocycles. The van der Waals surface area contributed by atoms with Crippen LogP contribution in [-0.2, 0) is 4.79 Å². The van der Waals surface area contributed by atoms with Crippen molar-refractivity contribution in [1.82, 2.24) is 4.90 Å². The molecular formula is C14H27NO2. The highest BCUT2D eigenvalue weighted by Crippen LogP contribution is 2.38. The Hall–Kier alpha value is -0.570. The molecule has 0 aromatic rings. The lowest BCUT2D eigenvalue weighted by molar-refractivity contribution is -0.151. The van der Waals surface area contributed by atoms with Gasteiger partial charge in [-0.25, -0.2) is 0 Å². The van der Waals surface area contributed by atoms with Gasteiger partial charge in [-0.3, -0.25) is 9.69 Å². The largest absolute Gasteiger partial charge is 0.480 e. The molecule has 0 atom stereocenters. The Morgan fingerprint density at radius 2 is 1.82 bits per heavy atom. The van der Waals surface area contributed by atoms with Crippen LogP contribution in [0.25, 0.3) is 0 Å². The van der Waals surface area contributed by atoms with Crippen molar-refractivity contribution in [2.45, 2.75) is 71.9 Å². The molecule has 0 radical (unpaired) electrons. The van der Waals surface area contributed by atoms with E-state index in [9.17, 15) is 9.90 Å². The van der Waals surface area contributed by atoms with Crippen LogP contribution in [0, 0.1) is 5.41 Å². The van der Waals surface area contributed by atoms with E-state index in [2.05, 4.69) is 25.7 Å². The van der Waals surface area contributed by atoms with E-state index in [1.54, 1.807) is 0 Å². The van der Waals surface area contributed by atoms with Crippen molar-refractivity contribution in [1.29, 1.82) is 0 Å². The van der Waals surface area contributed by atoms with Crippen LogP contribution in [0.3, 0.4) is 0 Å². The molecule has 100 valence electrons. The van der Waals surface area contributed by atoms with Crippen molar-refractivity contribution < 1.29 is 9.90 Å². The summed E-state index contributed by atoms with van der Waals surface area (Å²) in [5.74, 6) is -0.718. The topological polar surface area (TPSA) is 40.5 Å². The Kier molecular flexibility index (Phi) is 4.23. The number of rotatable bonds is 4. The van der Waals surface area contributed by atoms with Crippen LogP contribution in [0.4, 0.5) is 0 Å². The minimum absolute atomic E-state index is 0.430. The normalized spacial score (nSPS) is 21.8. The molecule has 0 aromatic carbocycles. The van der Waals surface area contributed by atoms with Crippen LogP contribution in [-0.4, -0.2) is 34.1 Å². The van der Waals surface area contributed by atoms with E-state index < -0.39 is 11.5 Å². The fraction of sp³-hybridized carbons (Fsp3) is 0.929. The molecule has 3 heteroatoms. The second-order valence-electron chi connectivity index (χ2n) is 6.55. The first-order chi connectivity index (χ1) is 7.70. The third-order valence-corrected chi connectivity index (χ3v) is 4.33. The zero-order chi connectivity index (χ0) is 13.3. The summed E-state index contributed by atoms with van der Waals surface area (Å²) >= 11 is 0. The molecule has 0 spiro atoms. The van der Waals surface area contributed by atoms with Crippen LogP contribution >= 0.6 is 0 Å². The van der Waals surface area contributed by atoms with Crippen LogP contribution in [0.5, 0.6) is 0 Å². The number of carboxylic acids is 1. The molecule has 0 aromatic heterocycles. The second-order valence-corrected chi connectivity index (χ2v) is 6.55. The number of hydrogen-bond acceptors (Lipinski definition) is 2. The molecule has 3 nitrogen and oxygen atoms in total. The van der Waals surface area contributed by atoms with Crippen molar-refractivity contribution >= 4 is 5.97 Å². The van der Waals surface area contributed by atoms with Gasteiger partial charge in [0.25, 0.3) is 0 Å². The highest BCUT2D eigenvalue weighted by atomic mass is 16.4. The van der Waals surface area contributed by atoms with Crippen molar-refractivity contribution in [2.24, 2.45) is 5.41 Å². The summed E-state index contributed by atoms with van der Waals surface area (Å²) in [6.45, 7) is 11.1. The summed E-state index contributed by atoms with van der Waals surface area (Å²) < 4.78 is 0. The van der Waals surface area contributed by atoms with Gasteiger partial charge in [0.05, 0.1) is 0 Å². The highest BCUT2D eigenvalue weighted by Gasteiger charge is 2.40. The molecule has 0 aliphatic heterocycles. The van der Waals surface area contributed by atoms with Gasteiger partial charge in [0.1, 0.15) is 5.54 Å². The first kappa shape index (κ1) is 14.5. The smallest absolute Gasteiger partial charge is 0.323 e. The van der Waals surface area contributed by atoms with Gasteiger partial charge in [-0.1, -0.05) is 20.8 Å². The van der Waals surface area contributed by atoms with Crippen LogP contribution in [0.2, 0.25) is 0 Å². The maximum atomic E-state index is 11.3. The zero-order valence-electron chi connectivity index (χ0n) is 11.9. The average Bonchev–Trinajstić information content (AvgIpc) is 2.21. The maximum Gasteiger partial charge on any atom is 0.323 e. The summed E-state index contributed by atoms with van der Waals surface area (Å²) in [7, 11) is 0. The third-order valence-electron chi connectivity index (χ3n) is 4.33. The Morgan fingerprint density at radius 3 is 2.18 bits per heavy atom. The van der Waals surface area contributed by atoms with E-state index in [0.29, 0.717) is 11.5 Å². The van der Waals surface area contributed by atoms with Crippen molar-refractivity contribution in [3.8, 4) is 0 Å². The molecule has 17 heavy (non-hydrogen) atoms. The van der Waals surface area contributed by atoms with Crippen molar-refractivity contribution in [3.05, 3.63) is 0 Å². The van der Waals surface area contributed by atoms with E-state index in [0.717, 1.165) is 19.4 Å². The van der Waals surface area contributed by atoms with Gasteiger partial charge in [-0.2, -0.15) is 0 Å². The Balaban J connectivity index is 2.73. The monoisotopic (exact) mass is 241 g/mol. The third kappa shape index (κ3) is 3.21. The Morgan fingerprint density at radius 1 is 1.35 bits per heavy atom. The second kappa shape index (κ2) is 4.97. The van der Waals surface area contributed by atoms with Gasteiger partial charge in [-0.15, -0.1) is 0 Å². The van der Waals surface area contributed by atoms with Crippen molar-refractivity contribution in [3.63, 3.8) is 0 Å². The number of likely N-dealkylation sites (N-methyl/N-ethyl adjacent to an activating group) is 1. The zero-order valence-corrected chi connectivity index (χ0v) is 11.9. The molecule has 1 saturated carbocycles. The lowest BCUT2D eigenvalue weighted by Crippen LogP contribution is -2.55. The standard InChI is InChI=1S/C14H27NO2/c1-6-15(14(4,5)12(16)17)11-7-9-13(2,3)10-8-11/h11H,6-10H2,1-5H3,(H,16,17). The number of hydrogen-bond donors (Lipinski definition) is 1. The Bertz CT molecular complexity index is 274. The molecule has 0 bridgehead atoms. The quantitative estimate of drug-likeness (QED) is 0.822. The van der Waals surface area contributed by atoms with Gasteiger partial charge in [0.15, 0.2) is 0 Å². The SMILES string of the molecule is CCN(C1CCC(C)(C)CC1)C(C)(C)C(=O)O. The van der Waals surface area contributed by atoms with Gasteiger partial charge in [0, 0.05) is 6.04 Å². The number of carbonyl (C=O) groups is 1. The number of nitrogens with zero attached hydrogens (tertiary/aromatic N) is 1. The lowest BCUT2D eigenvalue weighted by atomic mass is 9.74. The average molecular weight is 241 g/mol. The lowest BCUT2D eigenvalue weighted by Gasteiger charge is -2.45. The summed E-state index contributed by atoms with van der Waals surface area (Å²) in [4.78, 5) is 13.5. The van der Waals surface area contributed by atoms with E-state index in [-0.39, 0.29) is 0 Å². The predicted molar refractivity (Wildman–Crippen MR) is 70.1 cm³/mol. The molecular weight excluding hydrogens is 214 g/mol. The molecule has 0 unspecified atom stereocenters. The van der Waals surface area contributed by atoms with Crippen LogP contribution < -0.4 is 0 Å². The van der Waals surface area contributed by atoms with Crippen LogP contribution in [0.15, 0.2) is 0 Å². The summed E-state index contributed by atoms with van der Waals surface area (Å²) in [6.07, 6.45) is 4.64. The number of carboxylic acid groups (broad SMARTS) is 1. The van der Waals surface area contributed by atoms with E-state index in [4.69, 9.17) is 0 Å². The summed E-state index contributed by atoms with van der Waals surface area (Å²) in [6, 6.07) is 0.430. The molecule has 1 rings (SSSR count). The van der Waals surface area contributed by atoms with Gasteiger partial charge >= 0.3 is 5.97 Å². The molecule has 0 amide bonds. The maximum absolute atomic E-state index is 11.3. The first-order valence-corrected chi connectivity index (χ1v) is 6.71. The molecule has 1 N–H and O–H groups in total. The van der Waals surface area contributed by atoms with E-state index in [1.807, 2.05) is 13.8 Å². The molecule has 1 aliphatic rings. The van der Waals surface area contributed by atoms with Crippen molar-refractivity contribution in [2.75, 3.05) is 6.54 Å². The highest BCUT2D eigenvalue weighted by molar-refractivity contribution is 5.77. The van der Waals surface area contributed by atoms with E-state index >= 15 is 0 Å². The minimum atomic E-state index is -0.749. The van der Waals surface area contributed by atoms with E-state index in [1.165, 1.54) is 12.8 Å². The first-order valence-electron chi connectivity index (χ1n) is 6.71. The Labute approximate surface area is 105 Å².